The Morgan fingerprint density at radius 1 is 1.57 bits per heavy atom. The molecule has 1 aliphatic rings. The summed E-state index contributed by atoms with van der Waals surface area (Å²) in [6, 6.07) is -0.202. The van der Waals surface area contributed by atoms with Crippen LogP contribution in [0.25, 0.3) is 0 Å². The third kappa shape index (κ3) is 2.25. The molecule has 1 fully saturated rings. The fourth-order valence-electron chi connectivity index (χ4n) is 2.19. The van der Waals surface area contributed by atoms with E-state index in [0.29, 0.717) is 13.1 Å². The molecule has 82 valence electrons. The lowest BCUT2D eigenvalue weighted by atomic mass is 9.87. The molecule has 0 aromatic rings. The molecule has 0 aromatic carbocycles. The molecule has 1 rings (SSSR count). The summed E-state index contributed by atoms with van der Waals surface area (Å²) in [5, 5.41) is 9.91. The third-order valence-corrected chi connectivity index (χ3v) is 2.87. The van der Waals surface area contributed by atoms with Gasteiger partial charge in [0.15, 0.2) is 0 Å². The van der Waals surface area contributed by atoms with Crippen LogP contribution in [0.5, 0.6) is 0 Å². The summed E-state index contributed by atoms with van der Waals surface area (Å²) in [6.07, 6.45) is 2.49. The van der Waals surface area contributed by atoms with Crippen molar-refractivity contribution in [2.24, 2.45) is 5.73 Å². The highest BCUT2D eigenvalue weighted by atomic mass is 16.3. The lowest BCUT2D eigenvalue weighted by Gasteiger charge is -2.49. The fraction of sp³-hybridized carbons (Fsp3) is 0.900. The van der Waals surface area contributed by atoms with Crippen LogP contribution in [0.4, 0.5) is 0 Å². The summed E-state index contributed by atoms with van der Waals surface area (Å²) in [5.74, 6) is -0.286. The second-order valence-electron chi connectivity index (χ2n) is 4.21. The number of rotatable bonds is 5. The molecule has 3 N–H and O–H groups in total. The van der Waals surface area contributed by atoms with Gasteiger partial charge in [-0.2, -0.15) is 0 Å². The number of likely N-dealkylation sites (tertiary alicyclic amines) is 1. The minimum Gasteiger partial charge on any atom is -0.387 e. The van der Waals surface area contributed by atoms with Gasteiger partial charge in [-0.15, -0.1) is 0 Å². The van der Waals surface area contributed by atoms with Gasteiger partial charge >= 0.3 is 0 Å². The van der Waals surface area contributed by atoms with E-state index < -0.39 is 5.60 Å². The SMILES string of the molecule is CCCC1(O)CN(C(CC)C(N)=O)C1. The van der Waals surface area contributed by atoms with E-state index in [0.717, 1.165) is 19.3 Å². The van der Waals surface area contributed by atoms with Gasteiger partial charge in [0.05, 0.1) is 11.6 Å². The molecule has 0 saturated carbocycles. The molecule has 4 heteroatoms. The quantitative estimate of drug-likeness (QED) is 0.661. The molecule has 0 aromatic heterocycles. The van der Waals surface area contributed by atoms with Crippen LogP contribution >= 0.6 is 0 Å². The summed E-state index contributed by atoms with van der Waals surface area (Å²) in [4.78, 5) is 13.0. The third-order valence-electron chi connectivity index (χ3n) is 2.87. The molecule has 0 spiro atoms. The highest BCUT2D eigenvalue weighted by Gasteiger charge is 2.44. The van der Waals surface area contributed by atoms with Gasteiger partial charge in [0.2, 0.25) is 5.91 Å². The van der Waals surface area contributed by atoms with E-state index >= 15 is 0 Å². The van der Waals surface area contributed by atoms with Crippen molar-refractivity contribution in [1.82, 2.24) is 4.90 Å². The number of carbonyl (C=O) groups is 1. The van der Waals surface area contributed by atoms with Crippen molar-refractivity contribution in [3.8, 4) is 0 Å². The summed E-state index contributed by atoms with van der Waals surface area (Å²) >= 11 is 0. The number of hydrogen-bond acceptors (Lipinski definition) is 3. The van der Waals surface area contributed by atoms with Crippen LogP contribution in [0.3, 0.4) is 0 Å². The van der Waals surface area contributed by atoms with E-state index in [1.54, 1.807) is 0 Å². The maximum Gasteiger partial charge on any atom is 0.234 e. The number of aliphatic hydroxyl groups is 1. The molecule has 1 saturated heterocycles. The largest absolute Gasteiger partial charge is 0.387 e. The van der Waals surface area contributed by atoms with Gasteiger partial charge in [-0.1, -0.05) is 20.3 Å². The summed E-state index contributed by atoms with van der Waals surface area (Å²) in [7, 11) is 0. The molecule has 4 nitrogen and oxygen atoms in total. The molecule has 0 bridgehead atoms. The van der Waals surface area contributed by atoms with Crippen molar-refractivity contribution >= 4 is 5.91 Å². The van der Waals surface area contributed by atoms with Gasteiger partial charge in [0.25, 0.3) is 0 Å². The average molecular weight is 200 g/mol. The Hall–Kier alpha value is -0.610. The van der Waals surface area contributed by atoms with Crippen LogP contribution < -0.4 is 5.73 Å². The van der Waals surface area contributed by atoms with Gasteiger partial charge in [-0.25, -0.2) is 0 Å². The Kier molecular flexibility index (Phi) is 3.50. The minimum atomic E-state index is -0.572. The van der Waals surface area contributed by atoms with Crippen molar-refractivity contribution in [3.63, 3.8) is 0 Å². The fourth-order valence-corrected chi connectivity index (χ4v) is 2.19. The maximum absolute atomic E-state index is 11.0. The normalized spacial score (nSPS) is 22.8. The van der Waals surface area contributed by atoms with E-state index in [1.165, 1.54) is 0 Å². The molecule has 1 unspecified atom stereocenters. The van der Waals surface area contributed by atoms with Crippen molar-refractivity contribution in [2.75, 3.05) is 13.1 Å². The first-order valence-electron chi connectivity index (χ1n) is 5.28. The van der Waals surface area contributed by atoms with E-state index in [9.17, 15) is 9.90 Å². The molecular weight excluding hydrogens is 180 g/mol. The number of nitrogens with zero attached hydrogens (tertiary/aromatic N) is 1. The van der Waals surface area contributed by atoms with Crippen LogP contribution in [-0.4, -0.2) is 40.6 Å². The number of carbonyl (C=O) groups excluding carboxylic acids is 1. The van der Waals surface area contributed by atoms with Crippen LogP contribution in [0.1, 0.15) is 33.1 Å². The van der Waals surface area contributed by atoms with Gasteiger partial charge in [-0.3, -0.25) is 9.69 Å². The van der Waals surface area contributed by atoms with Crippen LogP contribution in [0.2, 0.25) is 0 Å². The number of hydrogen-bond donors (Lipinski definition) is 2. The standard InChI is InChI=1S/C10H20N2O2/c1-3-5-10(14)6-12(7-10)8(4-2)9(11)13/h8,14H,3-7H2,1-2H3,(H2,11,13). The van der Waals surface area contributed by atoms with Crippen molar-refractivity contribution in [3.05, 3.63) is 0 Å². The van der Waals surface area contributed by atoms with Crippen molar-refractivity contribution < 1.29 is 9.90 Å². The Morgan fingerprint density at radius 2 is 2.14 bits per heavy atom. The van der Waals surface area contributed by atoms with Crippen LogP contribution in [0, 0.1) is 0 Å². The first-order chi connectivity index (χ1) is 6.52. The lowest BCUT2D eigenvalue weighted by molar-refractivity contribution is -0.143. The van der Waals surface area contributed by atoms with Gasteiger partial charge in [0, 0.05) is 13.1 Å². The Balaban J connectivity index is 2.42. The monoisotopic (exact) mass is 200 g/mol. The van der Waals surface area contributed by atoms with Gasteiger partial charge < -0.3 is 10.8 Å². The molecule has 1 atom stereocenters. The Labute approximate surface area is 85.1 Å². The zero-order valence-corrected chi connectivity index (χ0v) is 8.99. The molecule has 0 aliphatic carbocycles. The van der Waals surface area contributed by atoms with E-state index in [4.69, 9.17) is 5.73 Å². The van der Waals surface area contributed by atoms with E-state index in [-0.39, 0.29) is 11.9 Å². The Bertz CT molecular complexity index is 212. The zero-order valence-electron chi connectivity index (χ0n) is 8.99. The molecule has 14 heavy (non-hydrogen) atoms. The molecule has 1 amide bonds. The van der Waals surface area contributed by atoms with Crippen molar-refractivity contribution in [2.45, 2.75) is 44.8 Å². The molecule has 1 heterocycles. The highest BCUT2D eigenvalue weighted by molar-refractivity contribution is 5.79. The number of β-amino-alcohol motifs (C(OH)–C–C–N with tert-alkyl or cyclic N) is 1. The average Bonchev–Trinajstić information content (AvgIpc) is 2.02. The smallest absolute Gasteiger partial charge is 0.234 e. The van der Waals surface area contributed by atoms with Gasteiger partial charge in [-0.05, 0) is 12.8 Å². The number of amides is 1. The van der Waals surface area contributed by atoms with E-state index in [1.807, 2.05) is 18.7 Å². The zero-order chi connectivity index (χ0) is 10.8. The topological polar surface area (TPSA) is 66.6 Å². The summed E-state index contributed by atoms with van der Waals surface area (Å²) in [6.45, 7) is 5.16. The van der Waals surface area contributed by atoms with Crippen LogP contribution in [0.15, 0.2) is 0 Å². The van der Waals surface area contributed by atoms with Crippen LogP contribution in [-0.2, 0) is 4.79 Å². The van der Waals surface area contributed by atoms with Crippen molar-refractivity contribution in [1.29, 1.82) is 0 Å². The number of primary amides is 1. The highest BCUT2D eigenvalue weighted by Crippen LogP contribution is 2.28. The second kappa shape index (κ2) is 4.28. The van der Waals surface area contributed by atoms with Gasteiger partial charge in [0.1, 0.15) is 0 Å². The maximum atomic E-state index is 11.0. The lowest BCUT2D eigenvalue weighted by Crippen LogP contribution is -2.66. The summed E-state index contributed by atoms with van der Waals surface area (Å²) in [5.41, 5.74) is 4.69. The minimum absolute atomic E-state index is 0.202. The molecular formula is C10H20N2O2. The Morgan fingerprint density at radius 3 is 2.50 bits per heavy atom. The number of nitrogens with two attached hydrogens (primary N) is 1. The first-order valence-corrected chi connectivity index (χ1v) is 5.28. The van der Waals surface area contributed by atoms with E-state index in [2.05, 4.69) is 0 Å². The summed E-state index contributed by atoms with van der Waals surface area (Å²) < 4.78 is 0. The first kappa shape index (κ1) is 11.5. The predicted molar refractivity (Wildman–Crippen MR) is 54.7 cm³/mol. The second-order valence-corrected chi connectivity index (χ2v) is 4.21. The predicted octanol–water partition coefficient (Wildman–Crippen LogP) is 0.0971. The molecule has 1 aliphatic heterocycles. The molecule has 0 radical (unpaired) electrons.